The minimum atomic E-state index is -0.156. The summed E-state index contributed by atoms with van der Waals surface area (Å²) < 4.78 is 7.71. The third-order valence-electron chi connectivity index (χ3n) is 4.03. The maximum absolute atomic E-state index is 12.4. The van der Waals surface area contributed by atoms with Crippen molar-refractivity contribution in [1.82, 2.24) is 9.55 Å². The Balaban J connectivity index is 1.40. The molecule has 132 valence electrons. The third kappa shape index (κ3) is 4.04. The van der Waals surface area contributed by atoms with E-state index >= 15 is 0 Å². The van der Waals surface area contributed by atoms with Gasteiger partial charge in [0.25, 0.3) is 5.91 Å². The van der Waals surface area contributed by atoms with Crippen LogP contribution in [0.2, 0.25) is 0 Å². The zero-order chi connectivity index (χ0) is 18.5. The molecule has 0 saturated heterocycles. The number of nitrogens with zero attached hydrogens (tertiary/aromatic N) is 2. The van der Waals surface area contributed by atoms with Crippen molar-refractivity contribution in [3.63, 3.8) is 0 Å². The Labute approximate surface area is 156 Å². The van der Waals surface area contributed by atoms with Crippen LogP contribution in [0.5, 0.6) is 11.5 Å². The van der Waals surface area contributed by atoms with E-state index in [4.69, 9.17) is 4.74 Å². The number of ether oxygens (including phenoxy) is 1. The highest BCUT2D eigenvalue weighted by Gasteiger charge is 2.07. The molecule has 2 heterocycles. The van der Waals surface area contributed by atoms with Crippen molar-refractivity contribution < 1.29 is 9.53 Å². The molecule has 1 N–H and O–H groups in total. The number of rotatable bonds is 5. The summed E-state index contributed by atoms with van der Waals surface area (Å²) >= 11 is 0. The van der Waals surface area contributed by atoms with E-state index in [1.165, 1.54) is 0 Å². The molecule has 0 radical (unpaired) electrons. The van der Waals surface area contributed by atoms with Crippen LogP contribution in [0.1, 0.15) is 10.4 Å². The Kier molecular flexibility index (Phi) is 4.66. The Morgan fingerprint density at radius 1 is 0.815 bits per heavy atom. The van der Waals surface area contributed by atoms with Crippen molar-refractivity contribution in [3.05, 3.63) is 103 Å². The number of nitrogens with one attached hydrogen (secondary N) is 1. The summed E-state index contributed by atoms with van der Waals surface area (Å²) in [6.45, 7) is 0. The van der Waals surface area contributed by atoms with E-state index in [0.717, 1.165) is 5.69 Å². The van der Waals surface area contributed by atoms with Crippen LogP contribution in [-0.4, -0.2) is 15.5 Å². The second-order valence-electron chi connectivity index (χ2n) is 5.90. The topological polar surface area (TPSA) is 56.1 Å². The van der Waals surface area contributed by atoms with E-state index in [0.29, 0.717) is 22.7 Å². The van der Waals surface area contributed by atoms with E-state index < -0.39 is 0 Å². The Morgan fingerprint density at radius 3 is 2.11 bits per heavy atom. The summed E-state index contributed by atoms with van der Waals surface area (Å²) in [6.07, 6.45) is 7.27. The van der Waals surface area contributed by atoms with E-state index in [1.807, 2.05) is 77.6 Å². The summed E-state index contributed by atoms with van der Waals surface area (Å²) in [5.41, 5.74) is 2.31. The van der Waals surface area contributed by atoms with Gasteiger partial charge in [0.15, 0.2) is 0 Å². The van der Waals surface area contributed by atoms with Crippen LogP contribution in [-0.2, 0) is 0 Å². The third-order valence-corrected chi connectivity index (χ3v) is 4.03. The predicted octanol–water partition coefficient (Wildman–Crippen LogP) is 4.92. The van der Waals surface area contributed by atoms with Crippen molar-refractivity contribution in [2.24, 2.45) is 0 Å². The fraction of sp³-hybridized carbons (Fsp3) is 0. The van der Waals surface area contributed by atoms with Crippen LogP contribution in [0.3, 0.4) is 0 Å². The summed E-state index contributed by atoms with van der Waals surface area (Å²) in [4.78, 5) is 16.4. The number of amides is 1. The Morgan fingerprint density at radius 2 is 1.44 bits per heavy atom. The fourth-order valence-corrected chi connectivity index (χ4v) is 2.64. The molecule has 0 bridgehead atoms. The van der Waals surface area contributed by atoms with E-state index in [1.54, 1.807) is 24.5 Å². The van der Waals surface area contributed by atoms with Gasteiger partial charge in [0.2, 0.25) is 0 Å². The van der Waals surface area contributed by atoms with Gasteiger partial charge in [-0.3, -0.25) is 9.78 Å². The number of pyridine rings is 1. The lowest BCUT2D eigenvalue weighted by Gasteiger charge is -2.09. The molecule has 0 atom stereocenters. The fourth-order valence-electron chi connectivity index (χ4n) is 2.64. The molecule has 0 fully saturated rings. The van der Waals surface area contributed by atoms with Gasteiger partial charge in [-0.15, -0.1) is 0 Å². The number of hydrogen-bond acceptors (Lipinski definition) is 3. The SMILES string of the molecule is O=C(Nc1ccc(Oc2ccncc2)cc1)c1ccc(-n2cccc2)cc1. The van der Waals surface area contributed by atoms with Crippen LogP contribution in [0, 0.1) is 0 Å². The van der Waals surface area contributed by atoms with E-state index in [-0.39, 0.29) is 5.91 Å². The van der Waals surface area contributed by atoms with Crippen LogP contribution in [0.4, 0.5) is 5.69 Å². The number of benzene rings is 2. The van der Waals surface area contributed by atoms with Gasteiger partial charge in [-0.1, -0.05) is 0 Å². The molecule has 0 unspecified atom stereocenters. The molecule has 4 aromatic rings. The highest BCUT2D eigenvalue weighted by molar-refractivity contribution is 6.04. The average molecular weight is 355 g/mol. The molecule has 2 aromatic carbocycles. The largest absolute Gasteiger partial charge is 0.457 e. The molecule has 1 amide bonds. The standard InChI is InChI=1S/C22H17N3O2/c26-22(17-3-7-19(8-4-17)25-15-1-2-16-25)24-18-5-9-20(10-6-18)27-21-11-13-23-14-12-21/h1-16H,(H,24,26). The van der Waals surface area contributed by atoms with Crippen LogP contribution in [0.25, 0.3) is 5.69 Å². The van der Waals surface area contributed by atoms with E-state index in [2.05, 4.69) is 10.3 Å². The number of aromatic nitrogens is 2. The van der Waals surface area contributed by atoms with Crippen molar-refractivity contribution in [2.45, 2.75) is 0 Å². The Hall–Kier alpha value is -3.86. The molecule has 5 nitrogen and oxygen atoms in total. The number of anilines is 1. The lowest BCUT2D eigenvalue weighted by atomic mass is 10.2. The average Bonchev–Trinajstić information content (AvgIpc) is 3.25. The monoisotopic (exact) mass is 355 g/mol. The summed E-state index contributed by atoms with van der Waals surface area (Å²) in [5.74, 6) is 1.25. The quantitative estimate of drug-likeness (QED) is 0.553. The molecule has 4 rings (SSSR count). The predicted molar refractivity (Wildman–Crippen MR) is 104 cm³/mol. The van der Waals surface area contributed by atoms with Gasteiger partial charge in [-0.05, 0) is 72.8 Å². The second-order valence-corrected chi connectivity index (χ2v) is 5.90. The molecule has 0 aliphatic rings. The maximum atomic E-state index is 12.4. The molecule has 0 saturated carbocycles. The van der Waals surface area contributed by atoms with Gasteiger partial charge in [0, 0.05) is 41.7 Å². The highest BCUT2D eigenvalue weighted by Crippen LogP contribution is 2.22. The molecule has 0 aliphatic carbocycles. The normalized spacial score (nSPS) is 10.4. The lowest BCUT2D eigenvalue weighted by molar-refractivity contribution is 0.102. The smallest absolute Gasteiger partial charge is 0.255 e. The molecule has 0 spiro atoms. The van der Waals surface area contributed by atoms with Gasteiger partial charge in [0.1, 0.15) is 11.5 Å². The minimum absolute atomic E-state index is 0.156. The van der Waals surface area contributed by atoms with Crippen molar-refractivity contribution in [3.8, 4) is 17.2 Å². The second kappa shape index (κ2) is 7.58. The highest BCUT2D eigenvalue weighted by atomic mass is 16.5. The first-order valence-corrected chi connectivity index (χ1v) is 8.51. The first-order valence-electron chi connectivity index (χ1n) is 8.51. The summed E-state index contributed by atoms with van der Waals surface area (Å²) in [6, 6.07) is 22.2. The van der Waals surface area contributed by atoms with Gasteiger partial charge < -0.3 is 14.6 Å². The maximum Gasteiger partial charge on any atom is 0.255 e. The van der Waals surface area contributed by atoms with Crippen molar-refractivity contribution in [1.29, 1.82) is 0 Å². The zero-order valence-electron chi connectivity index (χ0n) is 14.4. The number of carbonyl (C=O) groups is 1. The van der Waals surface area contributed by atoms with Crippen LogP contribution >= 0.6 is 0 Å². The number of hydrogen-bond donors (Lipinski definition) is 1. The first-order chi connectivity index (χ1) is 13.3. The molecule has 2 aromatic heterocycles. The van der Waals surface area contributed by atoms with Crippen LogP contribution in [0.15, 0.2) is 97.6 Å². The molecular formula is C22H17N3O2. The number of carbonyl (C=O) groups excluding carboxylic acids is 1. The molecule has 27 heavy (non-hydrogen) atoms. The van der Waals surface area contributed by atoms with Gasteiger partial charge in [-0.25, -0.2) is 0 Å². The van der Waals surface area contributed by atoms with Gasteiger partial charge in [0.05, 0.1) is 0 Å². The Bertz CT molecular complexity index is 1010. The van der Waals surface area contributed by atoms with Crippen molar-refractivity contribution >= 4 is 11.6 Å². The zero-order valence-corrected chi connectivity index (χ0v) is 14.4. The summed E-state index contributed by atoms with van der Waals surface area (Å²) in [7, 11) is 0. The van der Waals surface area contributed by atoms with Gasteiger partial charge >= 0.3 is 0 Å². The van der Waals surface area contributed by atoms with E-state index in [9.17, 15) is 4.79 Å². The molecule has 5 heteroatoms. The summed E-state index contributed by atoms with van der Waals surface area (Å²) in [5, 5.41) is 2.89. The minimum Gasteiger partial charge on any atom is -0.457 e. The molecule has 0 aliphatic heterocycles. The van der Waals surface area contributed by atoms with Crippen LogP contribution < -0.4 is 10.1 Å². The molecular weight excluding hydrogens is 338 g/mol. The van der Waals surface area contributed by atoms with Crippen molar-refractivity contribution in [2.75, 3.05) is 5.32 Å². The lowest BCUT2D eigenvalue weighted by Crippen LogP contribution is -2.11. The van der Waals surface area contributed by atoms with Gasteiger partial charge in [-0.2, -0.15) is 0 Å². The first kappa shape index (κ1) is 16.6.